The minimum atomic E-state index is -1.39. The van der Waals surface area contributed by atoms with Gasteiger partial charge in [-0.05, 0) is 23.8 Å². The number of aliphatic hydroxyl groups excluding tert-OH is 4. The normalized spacial score (nSPS) is 28.0. The van der Waals surface area contributed by atoms with Crippen molar-refractivity contribution in [1.82, 2.24) is 4.98 Å². The molecule has 0 bridgehead atoms. The molecule has 146 valence electrons. The maximum atomic E-state index is 10.2. The predicted octanol–water partition coefficient (Wildman–Crippen LogP) is 0.576. The molecule has 4 N–H and O–H groups in total. The van der Waals surface area contributed by atoms with Gasteiger partial charge < -0.3 is 29.9 Å². The van der Waals surface area contributed by atoms with Crippen molar-refractivity contribution in [3.63, 3.8) is 0 Å². The Morgan fingerprint density at radius 2 is 1.78 bits per heavy atom. The van der Waals surface area contributed by atoms with Gasteiger partial charge in [0.2, 0.25) is 0 Å². The van der Waals surface area contributed by atoms with Gasteiger partial charge in [-0.3, -0.25) is 4.98 Å². The maximum absolute atomic E-state index is 10.2. The number of methoxy groups -OCH3 is 1. The third kappa shape index (κ3) is 4.53. The molecule has 8 heteroatoms. The van der Waals surface area contributed by atoms with E-state index in [-0.39, 0.29) is 6.61 Å². The number of ether oxygens (including phenoxy) is 2. The molecule has 2 heterocycles. The summed E-state index contributed by atoms with van der Waals surface area (Å²) in [4.78, 5) is 4.08. The minimum Gasteiger partial charge on any atom is -0.497 e. The predicted molar refractivity (Wildman–Crippen MR) is 101 cm³/mol. The van der Waals surface area contributed by atoms with Gasteiger partial charge in [0.1, 0.15) is 23.7 Å². The second kappa shape index (κ2) is 8.90. The van der Waals surface area contributed by atoms with E-state index in [1.54, 1.807) is 19.5 Å². The van der Waals surface area contributed by atoms with E-state index in [2.05, 4.69) is 4.98 Å². The highest BCUT2D eigenvalue weighted by Crippen LogP contribution is 2.35. The third-order valence-electron chi connectivity index (χ3n) is 4.52. The highest BCUT2D eigenvalue weighted by molar-refractivity contribution is 8.00. The Balaban J connectivity index is 1.77. The van der Waals surface area contributed by atoms with Crippen molar-refractivity contribution >= 4 is 11.8 Å². The summed E-state index contributed by atoms with van der Waals surface area (Å²) in [6.45, 7) is -0.332. The number of nitrogens with zero attached hydrogens (tertiary/aromatic N) is 1. The van der Waals surface area contributed by atoms with Gasteiger partial charge in [-0.25, -0.2) is 0 Å². The van der Waals surface area contributed by atoms with Crippen LogP contribution in [0.3, 0.4) is 0 Å². The molecule has 0 amide bonds. The molecule has 1 saturated heterocycles. The summed E-state index contributed by atoms with van der Waals surface area (Å²) in [6, 6.07) is 9.49. The number of thioether (sulfide) groups is 1. The smallest absolute Gasteiger partial charge is 0.173 e. The van der Waals surface area contributed by atoms with E-state index in [4.69, 9.17) is 9.47 Å². The van der Waals surface area contributed by atoms with Crippen LogP contribution in [0, 0.1) is 0 Å². The molecule has 5 unspecified atom stereocenters. The van der Waals surface area contributed by atoms with Crippen LogP contribution in [0.15, 0.2) is 42.7 Å². The average molecular weight is 393 g/mol. The van der Waals surface area contributed by atoms with Crippen molar-refractivity contribution in [3.05, 3.63) is 53.9 Å². The van der Waals surface area contributed by atoms with Gasteiger partial charge >= 0.3 is 0 Å². The van der Waals surface area contributed by atoms with Crippen molar-refractivity contribution in [2.45, 2.75) is 35.4 Å². The van der Waals surface area contributed by atoms with Gasteiger partial charge in [-0.2, -0.15) is 0 Å². The first-order valence-corrected chi connectivity index (χ1v) is 9.50. The molecule has 1 aromatic carbocycles. The molecule has 5 atom stereocenters. The molecule has 2 aromatic rings. The lowest BCUT2D eigenvalue weighted by atomic mass is 10.0. The highest BCUT2D eigenvalue weighted by Gasteiger charge is 2.44. The van der Waals surface area contributed by atoms with Gasteiger partial charge in [0.15, 0.2) is 5.44 Å². The Kier molecular flexibility index (Phi) is 6.56. The molecule has 27 heavy (non-hydrogen) atoms. The molecular formula is C19H23NO6S. The molecule has 1 aliphatic heterocycles. The Labute approximate surface area is 161 Å². The summed E-state index contributed by atoms with van der Waals surface area (Å²) in [7, 11) is 1.61. The lowest BCUT2D eigenvalue weighted by Gasteiger charge is -2.39. The average Bonchev–Trinajstić information content (AvgIpc) is 2.70. The largest absolute Gasteiger partial charge is 0.497 e. The zero-order chi connectivity index (χ0) is 19.4. The molecule has 0 aliphatic carbocycles. The molecule has 1 aromatic heterocycles. The highest BCUT2D eigenvalue weighted by atomic mass is 32.2. The first-order valence-electron chi connectivity index (χ1n) is 8.56. The fourth-order valence-corrected chi connectivity index (χ4v) is 4.15. The Morgan fingerprint density at radius 3 is 2.44 bits per heavy atom. The van der Waals surface area contributed by atoms with Gasteiger partial charge in [0.05, 0.1) is 31.3 Å². The summed E-state index contributed by atoms with van der Waals surface area (Å²) in [5.41, 5.74) is 1.08. The SMILES string of the molecule is COc1ccc(Cc2ccncc2OC2SC(CO)C(O)C(O)C2O)cc1. The second-order valence-electron chi connectivity index (χ2n) is 6.32. The van der Waals surface area contributed by atoms with Gasteiger partial charge in [0, 0.05) is 18.2 Å². The van der Waals surface area contributed by atoms with Gasteiger partial charge in [-0.1, -0.05) is 12.1 Å². The topological polar surface area (TPSA) is 112 Å². The lowest BCUT2D eigenvalue weighted by Crippen LogP contribution is -2.55. The van der Waals surface area contributed by atoms with Crippen LogP contribution in [0.2, 0.25) is 0 Å². The van der Waals surface area contributed by atoms with Crippen LogP contribution in [0.5, 0.6) is 11.5 Å². The number of hydrogen-bond acceptors (Lipinski definition) is 8. The quantitative estimate of drug-likeness (QED) is 0.564. The summed E-state index contributed by atoms with van der Waals surface area (Å²) >= 11 is 1.09. The van der Waals surface area contributed by atoms with E-state index in [1.165, 1.54) is 0 Å². The standard InChI is InChI=1S/C19H23NO6S/c1-25-13-4-2-11(3-5-13)8-12-6-7-20-9-14(12)26-19-18(24)17(23)16(22)15(10-21)27-19/h2-7,9,15-19,21-24H,8,10H2,1H3. The fourth-order valence-electron chi connectivity index (χ4n) is 2.91. The number of hydrogen-bond donors (Lipinski definition) is 4. The van der Waals surface area contributed by atoms with Crippen LogP contribution in [0.1, 0.15) is 11.1 Å². The Hall–Kier alpha value is -1.84. The molecule has 1 aliphatic rings. The van der Waals surface area contributed by atoms with E-state index >= 15 is 0 Å². The molecule has 0 radical (unpaired) electrons. The van der Waals surface area contributed by atoms with Crippen LogP contribution < -0.4 is 9.47 Å². The van der Waals surface area contributed by atoms with E-state index in [9.17, 15) is 20.4 Å². The minimum absolute atomic E-state index is 0.332. The van der Waals surface area contributed by atoms with E-state index in [1.807, 2.05) is 30.3 Å². The van der Waals surface area contributed by atoms with E-state index in [0.717, 1.165) is 28.6 Å². The Morgan fingerprint density at radius 1 is 1.04 bits per heavy atom. The molecule has 7 nitrogen and oxygen atoms in total. The van der Waals surface area contributed by atoms with Crippen LogP contribution in [0.25, 0.3) is 0 Å². The van der Waals surface area contributed by atoms with Crippen molar-refractivity contribution < 1.29 is 29.9 Å². The number of pyridine rings is 1. The van der Waals surface area contributed by atoms with Crippen molar-refractivity contribution in [1.29, 1.82) is 0 Å². The van der Waals surface area contributed by atoms with Gasteiger partial charge in [-0.15, -0.1) is 11.8 Å². The van der Waals surface area contributed by atoms with E-state index in [0.29, 0.717) is 12.2 Å². The summed E-state index contributed by atoms with van der Waals surface area (Å²) in [6.07, 6.45) is -0.105. The number of aromatic nitrogens is 1. The molecular weight excluding hydrogens is 370 g/mol. The summed E-state index contributed by atoms with van der Waals surface area (Å²) < 4.78 is 11.1. The molecule has 0 saturated carbocycles. The number of aliphatic hydroxyl groups is 4. The zero-order valence-electron chi connectivity index (χ0n) is 14.8. The Bertz CT molecular complexity index is 741. The molecule has 3 rings (SSSR count). The summed E-state index contributed by atoms with van der Waals surface area (Å²) in [5.74, 6) is 1.25. The van der Waals surface area contributed by atoms with Crippen LogP contribution in [-0.2, 0) is 6.42 Å². The van der Waals surface area contributed by atoms with Gasteiger partial charge in [0.25, 0.3) is 0 Å². The molecule has 0 spiro atoms. The third-order valence-corrected chi connectivity index (χ3v) is 5.94. The first kappa shape index (κ1) is 19.9. The number of benzene rings is 1. The van der Waals surface area contributed by atoms with Crippen molar-refractivity contribution in [3.8, 4) is 11.5 Å². The maximum Gasteiger partial charge on any atom is 0.173 e. The van der Waals surface area contributed by atoms with Crippen LogP contribution in [0.4, 0.5) is 0 Å². The van der Waals surface area contributed by atoms with Crippen molar-refractivity contribution in [2.75, 3.05) is 13.7 Å². The van der Waals surface area contributed by atoms with Crippen molar-refractivity contribution in [2.24, 2.45) is 0 Å². The zero-order valence-corrected chi connectivity index (χ0v) is 15.6. The lowest BCUT2D eigenvalue weighted by molar-refractivity contribution is -0.0910. The monoisotopic (exact) mass is 393 g/mol. The van der Waals surface area contributed by atoms with Crippen LogP contribution in [-0.4, -0.2) is 68.1 Å². The first-order chi connectivity index (χ1) is 13.0. The molecule has 1 fully saturated rings. The van der Waals surface area contributed by atoms with E-state index < -0.39 is 29.0 Å². The fraction of sp³-hybridized carbons (Fsp3) is 0.421. The number of rotatable bonds is 6. The van der Waals surface area contributed by atoms with Crippen LogP contribution >= 0.6 is 11.8 Å². The second-order valence-corrected chi connectivity index (χ2v) is 7.67. The summed E-state index contributed by atoms with van der Waals surface area (Å²) in [5, 5.41) is 38.9.